The van der Waals surface area contributed by atoms with E-state index in [9.17, 15) is 4.39 Å². The fourth-order valence-electron chi connectivity index (χ4n) is 2.93. The van der Waals surface area contributed by atoms with E-state index in [0.29, 0.717) is 6.42 Å². The monoisotopic (exact) mass is 320 g/mol. The predicted octanol–water partition coefficient (Wildman–Crippen LogP) is 3.94. The number of nitrogens with zero attached hydrogens (tertiary/aromatic N) is 1. The average molecular weight is 320 g/mol. The molecule has 0 saturated heterocycles. The van der Waals surface area contributed by atoms with Gasteiger partial charge in [-0.2, -0.15) is 0 Å². The summed E-state index contributed by atoms with van der Waals surface area (Å²) in [5.74, 6) is 0.463. The topological polar surface area (TPSA) is 70.5 Å². The molecule has 120 valence electrons. The molecule has 0 radical (unpaired) electrons. The highest BCUT2D eigenvalue weighted by molar-refractivity contribution is 5.83. The third kappa shape index (κ3) is 2.70. The minimum Gasteiger partial charge on any atom is -0.361 e. The summed E-state index contributed by atoms with van der Waals surface area (Å²) in [4.78, 5) is 11.0. The van der Waals surface area contributed by atoms with Gasteiger partial charge in [-0.25, -0.2) is 9.37 Å². The summed E-state index contributed by atoms with van der Waals surface area (Å²) in [6.45, 7) is 0. The van der Waals surface area contributed by atoms with E-state index in [1.807, 2.05) is 24.4 Å². The molecule has 24 heavy (non-hydrogen) atoms. The molecule has 2 aromatic carbocycles. The molecular formula is C19H17FN4. The Morgan fingerprint density at radius 2 is 1.79 bits per heavy atom. The number of fused-ring (bicyclic) bond motifs is 1. The van der Waals surface area contributed by atoms with Crippen molar-refractivity contribution in [3.05, 3.63) is 78.1 Å². The Labute approximate surface area is 138 Å². The second-order valence-corrected chi connectivity index (χ2v) is 5.85. The van der Waals surface area contributed by atoms with Crippen molar-refractivity contribution in [2.45, 2.75) is 12.5 Å². The predicted molar refractivity (Wildman–Crippen MR) is 92.9 cm³/mol. The van der Waals surface area contributed by atoms with Crippen LogP contribution in [0.15, 0.2) is 60.9 Å². The average Bonchev–Trinajstić information content (AvgIpc) is 3.23. The number of nitrogens with two attached hydrogens (primary N) is 1. The Balaban J connectivity index is 1.57. The first-order valence-corrected chi connectivity index (χ1v) is 7.82. The number of aromatic nitrogens is 3. The van der Waals surface area contributed by atoms with Gasteiger partial charge in [0.15, 0.2) is 0 Å². The van der Waals surface area contributed by atoms with Crippen LogP contribution < -0.4 is 5.73 Å². The second-order valence-electron chi connectivity index (χ2n) is 5.85. The van der Waals surface area contributed by atoms with Crippen LogP contribution in [0.4, 0.5) is 4.39 Å². The molecule has 1 unspecified atom stereocenters. The first-order chi connectivity index (χ1) is 11.7. The lowest BCUT2D eigenvalue weighted by atomic mass is 10.1. The third-order valence-electron chi connectivity index (χ3n) is 4.20. The van der Waals surface area contributed by atoms with Gasteiger partial charge >= 0.3 is 0 Å². The van der Waals surface area contributed by atoms with Crippen LogP contribution in [0.3, 0.4) is 0 Å². The number of H-pyrrole nitrogens is 2. The molecule has 0 fully saturated rings. The number of imidazole rings is 1. The van der Waals surface area contributed by atoms with Gasteiger partial charge in [-0.3, -0.25) is 0 Å². The van der Waals surface area contributed by atoms with Crippen LogP contribution in [0.1, 0.15) is 17.4 Å². The highest BCUT2D eigenvalue weighted by Gasteiger charge is 2.14. The van der Waals surface area contributed by atoms with Crippen LogP contribution in [0.2, 0.25) is 0 Å². The lowest BCUT2D eigenvalue weighted by Crippen LogP contribution is -2.14. The number of rotatable bonds is 4. The number of hydrogen-bond donors (Lipinski definition) is 3. The van der Waals surface area contributed by atoms with Crippen LogP contribution >= 0.6 is 0 Å². The van der Waals surface area contributed by atoms with Gasteiger partial charge in [0.1, 0.15) is 11.6 Å². The summed E-state index contributed by atoms with van der Waals surface area (Å²) in [5.41, 5.74) is 10.2. The Bertz CT molecular complexity index is 968. The van der Waals surface area contributed by atoms with Gasteiger partial charge in [-0.15, -0.1) is 0 Å². The van der Waals surface area contributed by atoms with Crippen molar-refractivity contribution in [1.82, 2.24) is 15.0 Å². The maximum absolute atomic E-state index is 13.0. The van der Waals surface area contributed by atoms with Crippen molar-refractivity contribution < 1.29 is 4.39 Å². The zero-order valence-corrected chi connectivity index (χ0v) is 13.0. The number of benzene rings is 2. The molecule has 4 nitrogen and oxygen atoms in total. The Morgan fingerprint density at radius 1 is 1.00 bits per heavy atom. The molecule has 0 saturated carbocycles. The summed E-state index contributed by atoms with van der Waals surface area (Å²) >= 11 is 0. The quantitative estimate of drug-likeness (QED) is 0.533. The molecule has 0 bridgehead atoms. The van der Waals surface area contributed by atoms with Gasteiger partial charge < -0.3 is 15.7 Å². The van der Waals surface area contributed by atoms with Crippen molar-refractivity contribution in [2.24, 2.45) is 5.73 Å². The number of para-hydroxylation sites is 1. The molecule has 5 heteroatoms. The highest BCUT2D eigenvalue weighted by Crippen LogP contribution is 2.24. The van der Waals surface area contributed by atoms with Crippen molar-refractivity contribution in [1.29, 1.82) is 0 Å². The molecular weight excluding hydrogens is 303 g/mol. The summed E-state index contributed by atoms with van der Waals surface area (Å²) in [7, 11) is 0. The molecule has 2 heterocycles. The van der Waals surface area contributed by atoms with Crippen molar-refractivity contribution >= 4 is 10.9 Å². The normalized spacial score (nSPS) is 12.6. The van der Waals surface area contributed by atoms with Gasteiger partial charge in [0.25, 0.3) is 0 Å². The lowest BCUT2D eigenvalue weighted by Gasteiger charge is -2.07. The summed E-state index contributed by atoms with van der Waals surface area (Å²) in [5, 5.41) is 1.18. The molecule has 1 atom stereocenters. The van der Waals surface area contributed by atoms with E-state index < -0.39 is 0 Å². The highest BCUT2D eigenvalue weighted by atomic mass is 19.1. The number of halogens is 1. The van der Waals surface area contributed by atoms with E-state index in [4.69, 9.17) is 5.73 Å². The Kier molecular flexibility index (Phi) is 3.63. The zero-order chi connectivity index (χ0) is 16.5. The van der Waals surface area contributed by atoms with E-state index in [1.165, 1.54) is 17.5 Å². The minimum atomic E-state index is -0.259. The van der Waals surface area contributed by atoms with Gasteiger partial charge in [0.2, 0.25) is 0 Å². The molecule has 0 spiro atoms. The van der Waals surface area contributed by atoms with Crippen molar-refractivity contribution in [3.8, 4) is 11.3 Å². The molecule has 0 aliphatic heterocycles. The zero-order valence-electron chi connectivity index (χ0n) is 13.0. The summed E-state index contributed by atoms with van der Waals surface area (Å²) < 4.78 is 13.0. The van der Waals surface area contributed by atoms with E-state index in [-0.39, 0.29) is 11.9 Å². The molecule has 2 aromatic heterocycles. The lowest BCUT2D eigenvalue weighted by molar-refractivity contribution is 0.628. The van der Waals surface area contributed by atoms with Crippen LogP contribution in [0.25, 0.3) is 22.2 Å². The summed E-state index contributed by atoms with van der Waals surface area (Å²) in [6, 6.07) is 14.2. The maximum Gasteiger partial charge on any atom is 0.124 e. The SMILES string of the molecule is NC(Cc1c[nH]c2ccccc12)c1nc(-c2ccc(F)cc2)c[nH]1. The third-order valence-corrected chi connectivity index (χ3v) is 4.20. The standard InChI is InChI=1S/C19H17FN4/c20-14-7-5-12(6-8-14)18-11-23-19(24-18)16(21)9-13-10-22-17-4-2-1-3-15(13)17/h1-8,10-11,16,22H,9,21H2,(H,23,24). The van der Waals surface area contributed by atoms with Crippen molar-refractivity contribution in [3.63, 3.8) is 0 Å². The minimum absolute atomic E-state index is 0.238. The van der Waals surface area contributed by atoms with Gasteiger partial charge in [-0.1, -0.05) is 18.2 Å². The first-order valence-electron chi connectivity index (χ1n) is 7.82. The van der Waals surface area contributed by atoms with Crippen LogP contribution in [0.5, 0.6) is 0 Å². The van der Waals surface area contributed by atoms with Gasteiger partial charge in [0.05, 0.1) is 11.7 Å². The molecule has 4 N–H and O–H groups in total. The fourth-order valence-corrected chi connectivity index (χ4v) is 2.93. The van der Waals surface area contributed by atoms with Gasteiger partial charge in [-0.05, 0) is 42.3 Å². The first kappa shape index (κ1) is 14.7. The molecule has 0 aliphatic rings. The molecule has 4 rings (SSSR count). The maximum atomic E-state index is 13.0. The van der Waals surface area contributed by atoms with Gasteiger partial charge in [0, 0.05) is 28.9 Å². The largest absolute Gasteiger partial charge is 0.361 e. The van der Waals surface area contributed by atoms with E-state index in [1.54, 1.807) is 18.3 Å². The summed E-state index contributed by atoms with van der Waals surface area (Å²) in [6.07, 6.45) is 4.48. The Hall–Kier alpha value is -2.92. The molecule has 0 aliphatic carbocycles. The van der Waals surface area contributed by atoms with Crippen LogP contribution in [0, 0.1) is 5.82 Å². The van der Waals surface area contributed by atoms with Crippen LogP contribution in [-0.4, -0.2) is 15.0 Å². The number of nitrogens with one attached hydrogen (secondary N) is 2. The number of aromatic amines is 2. The van der Waals surface area contributed by atoms with E-state index in [2.05, 4.69) is 21.0 Å². The van der Waals surface area contributed by atoms with E-state index in [0.717, 1.165) is 28.2 Å². The van der Waals surface area contributed by atoms with E-state index >= 15 is 0 Å². The smallest absolute Gasteiger partial charge is 0.124 e. The Morgan fingerprint density at radius 3 is 2.62 bits per heavy atom. The van der Waals surface area contributed by atoms with Crippen molar-refractivity contribution in [2.75, 3.05) is 0 Å². The molecule has 4 aromatic rings. The fraction of sp³-hybridized carbons (Fsp3) is 0.105. The molecule has 0 amide bonds. The van der Waals surface area contributed by atoms with Crippen LogP contribution in [-0.2, 0) is 6.42 Å². The number of hydrogen-bond acceptors (Lipinski definition) is 2. The second kappa shape index (κ2) is 5.94.